The van der Waals surface area contributed by atoms with E-state index >= 15 is 0 Å². The van der Waals surface area contributed by atoms with Gasteiger partial charge in [0, 0.05) is 11.9 Å². The second-order valence-corrected chi connectivity index (χ2v) is 5.83. The molecule has 2 heterocycles. The lowest BCUT2D eigenvalue weighted by molar-refractivity contribution is 0.0948. The molecular formula is C13H21N3OS. The topological polar surface area (TPSA) is 45.2 Å². The van der Waals surface area contributed by atoms with Crippen LogP contribution in [0.25, 0.3) is 0 Å². The van der Waals surface area contributed by atoms with Crippen LogP contribution in [0.5, 0.6) is 0 Å². The molecule has 0 spiro atoms. The quantitative estimate of drug-likeness (QED) is 0.802. The first-order chi connectivity index (χ1) is 8.75. The first-order valence-corrected chi connectivity index (χ1v) is 7.56. The van der Waals surface area contributed by atoms with E-state index in [9.17, 15) is 4.79 Å². The van der Waals surface area contributed by atoms with Crippen LogP contribution in [-0.4, -0.2) is 42.0 Å². The Morgan fingerprint density at radius 1 is 1.44 bits per heavy atom. The Hall–Kier alpha value is -0.940. The fraction of sp³-hybridized carbons (Fsp3) is 0.692. The van der Waals surface area contributed by atoms with Gasteiger partial charge >= 0.3 is 0 Å². The Morgan fingerprint density at radius 3 is 2.89 bits per heavy atom. The Labute approximate surface area is 112 Å². The lowest BCUT2D eigenvalue weighted by Crippen LogP contribution is -2.26. The van der Waals surface area contributed by atoms with Gasteiger partial charge in [0.2, 0.25) is 0 Å². The van der Waals surface area contributed by atoms with E-state index in [1.807, 2.05) is 12.3 Å². The molecule has 1 aliphatic heterocycles. The van der Waals surface area contributed by atoms with Crippen molar-refractivity contribution in [1.82, 2.24) is 15.2 Å². The summed E-state index contributed by atoms with van der Waals surface area (Å²) in [6, 6.07) is 0. The van der Waals surface area contributed by atoms with Crippen LogP contribution in [-0.2, 0) is 0 Å². The molecule has 1 aromatic heterocycles. The average Bonchev–Trinajstić information content (AvgIpc) is 2.99. The molecule has 1 fully saturated rings. The van der Waals surface area contributed by atoms with Gasteiger partial charge in [0.1, 0.15) is 5.69 Å². The molecule has 0 unspecified atom stereocenters. The third kappa shape index (κ3) is 4.07. The molecule has 1 amide bonds. The van der Waals surface area contributed by atoms with Crippen LogP contribution >= 0.6 is 11.3 Å². The van der Waals surface area contributed by atoms with Gasteiger partial charge in [-0.05, 0) is 52.2 Å². The number of nitrogens with one attached hydrogen (secondary N) is 1. The minimum atomic E-state index is -0.0412. The highest BCUT2D eigenvalue weighted by molar-refractivity contribution is 7.09. The van der Waals surface area contributed by atoms with Gasteiger partial charge in [-0.2, -0.15) is 0 Å². The lowest BCUT2D eigenvalue weighted by atomic mass is 10.3. The van der Waals surface area contributed by atoms with Crippen molar-refractivity contribution < 1.29 is 4.79 Å². The van der Waals surface area contributed by atoms with E-state index in [1.165, 1.54) is 43.8 Å². The Balaban J connectivity index is 1.56. The van der Waals surface area contributed by atoms with Gasteiger partial charge in [0.05, 0.1) is 5.01 Å². The van der Waals surface area contributed by atoms with Crippen molar-refractivity contribution >= 4 is 17.2 Å². The number of aryl methyl sites for hydroxylation is 1. The van der Waals surface area contributed by atoms with Gasteiger partial charge in [-0.1, -0.05) is 0 Å². The van der Waals surface area contributed by atoms with Crippen molar-refractivity contribution in [2.75, 3.05) is 26.2 Å². The minimum Gasteiger partial charge on any atom is -0.351 e. The molecular weight excluding hydrogens is 246 g/mol. The number of carbonyl (C=O) groups is 1. The number of likely N-dealkylation sites (tertiary alicyclic amines) is 1. The molecule has 1 saturated heterocycles. The summed E-state index contributed by atoms with van der Waals surface area (Å²) >= 11 is 1.51. The van der Waals surface area contributed by atoms with Gasteiger partial charge < -0.3 is 10.2 Å². The van der Waals surface area contributed by atoms with Crippen LogP contribution in [0.15, 0.2) is 5.38 Å². The highest BCUT2D eigenvalue weighted by Crippen LogP contribution is 2.09. The highest BCUT2D eigenvalue weighted by Gasteiger charge is 2.11. The summed E-state index contributed by atoms with van der Waals surface area (Å²) in [5.74, 6) is -0.0412. The predicted octanol–water partition coefficient (Wildman–Crippen LogP) is 2.06. The van der Waals surface area contributed by atoms with Crippen LogP contribution in [0.1, 0.15) is 41.2 Å². The third-order valence-corrected chi connectivity index (χ3v) is 4.01. The zero-order chi connectivity index (χ0) is 12.8. The predicted molar refractivity (Wildman–Crippen MR) is 74.1 cm³/mol. The SMILES string of the molecule is Cc1nc(C(=O)NCCCCN2CCCC2)cs1. The van der Waals surface area contributed by atoms with Crippen LogP contribution < -0.4 is 5.32 Å². The summed E-state index contributed by atoms with van der Waals surface area (Å²) in [5, 5.41) is 5.68. The summed E-state index contributed by atoms with van der Waals surface area (Å²) in [7, 11) is 0. The average molecular weight is 267 g/mol. The van der Waals surface area contributed by atoms with E-state index in [4.69, 9.17) is 0 Å². The number of aromatic nitrogens is 1. The number of hydrogen-bond donors (Lipinski definition) is 1. The van der Waals surface area contributed by atoms with Crippen molar-refractivity contribution in [2.24, 2.45) is 0 Å². The van der Waals surface area contributed by atoms with Crippen molar-refractivity contribution in [3.8, 4) is 0 Å². The molecule has 1 N–H and O–H groups in total. The maximum Gasteiger partial charge on any atom is 0.270 e. The number of hydrogen-bond acceptors (Lipinski definition) is 4. The van der Waals surface area contributed by atoms with E-state index in [2.05, 4.69) is 15.2 Å². The summed E-state index contributed by atoms with van der Waals surface area (Å²) in [4.78, 5) is 18.4. The molecule has 1 aromatic rings. The lowest BCUT2D eigenvalue weighted by Gasteiger charge is -2.13. The Kier molecular flexibility index (Phi) is 5.13. The van der Waals surface area contributed by atoms with Gasteiger partial charge in [-0.15, -0.1) is 11.3 Å². The molecule has 18 heavy (non-hydrogen) atoms. The second-order valence-electron chi connectivity index (χ2n) is 4.76. The summed E-state index contributed by atoms with van der Waals surface area (Å²) in [5.41, 5.74) is 0.553. The molecule has 0 aromatic carbocycles. The summed E-state index contributed by atoms with van der Waals surface area (Å²) in [6.45, 7) is 6.35. The molecule has 4 nitrogen and oxygen atoms in total. The second kappa shape index (κ2) is 6.85. The third-order valence-electron chi connectivity index (χ3n) is 3.24. The van der Waals surface area contributed by atoms with E-state index in [1.54, 1.807) is 0 Å². The van der Waals surface area contributed by atoms with Crippen LogP contribution in [0.2, 0.25) is 0 Å². The molecule has 1 aliphatic rings. The molecule has 0 aliphatic carbocycles. The number of unbranched alkanes of at least 4 members (excludes halogenated alkanes) is 1. The van der Waals surface area contributed by atoms with Crippen molar-refractivity contribution in [2.45, 2.75) is 32.6 Å². The standard InChI is InChI=1S/C13H21N3OS/c1-11-15-12(10-18-11)13(17)14-6-2-3-7-16-8-4-5-9-16/h10H,2-9H2,1H3,(H,14,17). The van der Waals surface area contributed by atoms with Crippen LogP contribution in [0.3, 0.4) is 0 Å². The molecule has 0 bridgehead atoms. The van der Waals surface area contributed by atoms with Crippen LogP contribution in [0, 0.1) is 6.92 Å². The smallest absolute Gasteiger partial charge is 0.270 e. The Morgan fingerprint density at radius 2 is 2.22 bits per heavy atom. The van der Waals surface area contributed by atoms with E-state index in [0.717, 1.165) is 24.4 Å². The summed E-state index contributed by atoms with van der Waals surface area (Å²) < 4.78 is 0. The first-order valence-electron chi connectivity index (χ1n) is 6.68. The van der Waals surface area contributed by atoms with Crippen molar-refractivity contribution in [3.05, 3.63) is 16.1 Å². The number of carbonyl (C=O) groups excluding carboxylic acids is 1. The molecule has 2 rings (SSSR count). The zero-order valence-electron chi connectivity index (χ0n) is 10.9. The zero-order valence-corrected chi connectivity index (χ0v) is 11.8. The largest absolute Gasteiger partial charge is 0.351 e. The van der Waals surface area contributed by atoms with Crippen LogP contribution in [0.4, 0.5) is 0 Å². The van der Waals surface area contributed by atoms with Gasteiger partial charge in [-0.25, -0.2) is 4.98 Å². The van der Waals surface area contributed by atoms with E-state index in [0.29, 0.717) is 5.69 Å². The van der Waals surface area contributed by atoms with Crippen molar-refractivity contribution in [1.29, 1.82) is 0 Å². The molecule has 100 valence electrons. The number of rotatable bonds is 6. The molecule has 0 radical (unpaired) electrons. The monoisotopic (exact) mass is 267 g/mol. The van der Waals surface area contributed by atoms with Gasteiger partial charge in [0.25, 0.3) is 5.91 Å². The van der Waals surface area contributed by atoms with Gasteiger partial charge in [-0.3, -0.25) is 4.79 Å². The van der Waals surface area contributed by atoms with Crippen molar-refractivity contribution in [3.63, 3.8) is 0 Å². The molecule has 5 heteroatoms. The fourth-order valence-corrected chi connectivity index (χ4v) is 2.82. The first kappa shape index (κ1) is 13.5. The Bertz CT molecular complexity index is 385. The van der Waals surface area contributed by atoms with Gasteiger partial charge in [0.15, 0.2) is 0 Å². The normalized spacial score (nSPS) is 16.1. The maximum absolute atomic E-state index is 11.7. The molecule has 0 saturated carbocycles. The van der Waals surface area contributed by atoms with E-state index in [-0.39, 0.29) is 5.91 Å². The molecule has 0 atom stereocenters. The highest BCUT2D eigenvalue weighted by atomic mass is 32.1. The summed E-state index contributed by atoms with van der Waals surface area (Å²) in [6.07, 6.45) is 4.90. The fourth-order valence-electron chi connectivity index (χ4n) is 2.23. The number of thiazole rings is 1. The maximum atomic E-state index is 11.7. The number of nitrogens with zero attached hydrogens (tertiary/aromatic N) is 2. The van der Waals surface area contributed by atoms with E-state index < -0.39 is 0 Å². The minimum absolute atomic E-state index is 0.0412. The number of amides is 1.